The molecule has 0 heterocycles. The van der Waals surface area contributed by atoms with Crippen LogP contribution in [-0.2, 0) is 26.0 Å². The number of aryl methyl sites for hydroxylation is 1. The molecule has 1 rings (SSSR count). The van der Waals surface area contributed by atoms with Crippen molar-refractivity contribution < 1.29 is 18.0 Å². The van der Waals surface area contributed by atoms with Crippen molar-refractivity contribution in [2.45, 2.75) is 18.9 Å². The van der Waals surface area contributed by atoms with E-state index in [-0.39, 0.29) is 12.2 Å². The molecule has 0 aliphatic heterocycles. The molecule has 0 saturated heterocycles. The van der Waals surface area contributed by atoms with Crippen LogP contribution in [0.1, 0.15) is 12.0 Å². The summed E-state index contributed by atoms with van der Waals surface area (Å²) in [5.74, 6) is -0.145. The number of benzene rings is 1. The van der Waals surface area contributed by atoms with E-state index in [0.717, 1.165) is 5.56 Å². The molecule has 0 aliphatic carbocycles. The van der Waals surface area contributed by atoms with Crippen molar-refractivity contribution in [3.05, 3.63) is 35.9 Å². The van der Waals surface area contributed by atoms with Crippen molar-refractivity contribution in [3.63, 3.8) is 0 Å². The van der Waals surface area contributed by atoms with Crippen LogP contribution in [0.4, 0.5) is 0 Å². The first-order valence-electron chi connectivity index (χ1n) is 5.34. The summed E-state index contributed by atoms with van der Waals surface area (Å²) in [7, 11) is -3.60. The van der Waals surface area contributed by atoms with Crippen LogP contribution in [0.5, 0.6) is 0 Å². The van der Waals surface area contributed by atoms with Crippen LogP contribution in [0.15, 0.2) is 30.3 Å². The highest BCUT2D eigenvalue weighted by Gasteiger charge is 2.17. The van der Waals surface area contributed by atoms with Crippen molar-refractivity contribution in [2.75, 3.05) is 5.75 Å². The molecule has 18 heavy (non-hydrogen) atoms. The zero-order valence-electron chi connectivity index (χ0n) is 9.63. The third kappa shape index (κ3) is 5.20. The molecule has 0 aromatic heterocycles. The Labute approximate surface area is 106 Å². The molecule has 0 spiro atoms. The van der Waals surface area contributed by atoms with Gasteiger partial charge in [0, 0.05) is 6.42 Å². The summed E-state index contributed by atoms with van der Waals surface area (Å²) in [6, 6.07) is 7.96. The number of carbonyl (C=O) groups excluding carboxylic acids is 2. The molecule has 0 amide bonds. The van der Waals surface area contributed by atoms with Crippen molar-refractivity contribution >= 4 is 22.6 Å². The second-order valence-electron chi connectivity index (χ2n) is 3.69. The van der Waals surface area contributed by atoms with Crippen molar-refractivity contribution in [1.82, 2.24) is 4.72 Å². The Bertz CT molecular complexity index is 484. The average Bonchev–Trinajstić information content (AvgIpc) is 2.37. The first-order valence-corrected chi connectivity index (χ1v) is 6.99. The van der Waals surface area contributed by atoms with Gasteiger partial charge in [-0.2, -0.15) is 0 Å². The molecule has 0 unspecified atom stereocenters. The lowest BCUT2D eigenvalue weighted by Crippen LogP contribution is -2.38. The minimum Gasteiger partial charge on any atom is -0.291 e. The molecule has 1 aromatic carbocycles. The maximum Gasteiger partial charge on any atom is 0.218 e. The second kappa shape index (κ2) is 7.03. The third-order valence-corrected chi connectivity index (χ3v) is 3.64. The summed E-state index contributed by atoms with van der Waals surface area (Å²) in [4.78, 5) is 20.5. The van der Waals surface area contributed by atoms with Gasteiger partial charge in [-0.15, -0.1) is 0 Å². The summed E-state index contributed by atoms with van der Waals surface area (Å²) in [6.45, 7) is 0. The van der Waals surface area contributed by atoms with Gasteiger partial charge in [0.1, 0.15) is 0 Å². The predicted octanol–water partition coefficient (Wildman–Crippen LogP) is 0.127. The molecule has 0 aliphatic rings. The van der Waals surface area contributed by atoms with Crippen LogP contribution in [0.25, 0.3) is 0 Å². The number of sulfonamides is 1. The van der Waals surface area contributed by atoms with Crippen LogP contribution in [0, 0.1) is 0 Å². The molecule has 0 saturated carbocycles. The minimum atomic E-state index is -3.60. The van der Waals surface area contributed by atoms with Crippen LogP contribution in [-0.4, -0.2) is 32.8 Å². The molecule has 0 fully saturated rings. The monoisotopic (exact) mass is 267 g/mol. The maximum atomic E-state index is 11.6. The Balaban J connectivity index is 2.54. The Morgan fingerprint density at radius 3 is 2.39 bits per heavy atom. The van der Waals surface area contributed by atoms with Crippen LogP contribution >= 0.6 is 0 Å². The first kappa shape index (κ1) is 14.5. The summed E-state index contributed by atoms with van der Waals surface area (Å²) in [5.41, 5.74) is 0.886. The molecule has 6 heteroatoms. The van der Waals surface area contributed by atoms with Crippen molar-refractivity contribution in [1.29, 1.82) is 0 Å². The molecule has 96 valence electrons. The Morgan fingerprint density at radius 2 is 1.83 bits per heavy atom. The summed E-state index contributed by atoms with van der Waals surface area (Å²) in [6.07, 6.45) is 2.94. The number of nitrogens with one attached hydrogen (secondary N) is 1. The van der Waals surface area contributed by atoms with E-state index in [1.165, 1.54) is 12.6 Å². The Morgan fingerprint density at radius 1 is 1.17 bits per heavy atom. The van der Waals surface area contributed by atoms with Gasteiger partial charge in [0.25, 0.3) is 0 Å². The Kier molecular flexibility index (Phi) is 5.67. The van der Waals surface area contributed by atoms with E-state index in [0.29, 0.717) is 6.42 Å². The molecular weight excluding hydrogens is 254 g/mol. The van der Waals surface area contributed by atoms with Gasteiger partial charge in [0.05, 0.1) is 11.8 Å². The predicted molar refractivity (Wildman–Crippen MR) is 66.9 cm³/mol. The van der Waals surface area contributed by atoms with E-state index in [2.05, 4.69) is 4.72 Å². The standard InChI is InChI=1S/C12H13NO4S/c14-8-6-12(10-15)13-18(16,17)9-7-11-4-2-1-3-5-11/h1-5,12-13H,6-7,9H2/t12-/m0/s1. The SMILES string of the molecule is O=[C]C[C@@H]([C]=O)NS(=O)(=O)CCc1ccccc1. The fourth-order valence-electron chi connectivity index (χ4n) is 1.36. The molecule has 2 radical (unpaired) electrons. The lowest BCUT2D eigenvalue weighted by molar-refractivity contribution is 0.517. The first-order chi connectivity index (χ1) is 8.57. The smallest absolute Gasteiger partial charge is 0.218 e. The van der Waals surface area contributed by atoms with Crippen LogP contribution in [0.2, 0.25) is 0 Å². The highest BCUT2D eigenvalue weighted by Crippen LogP contribution is 2.02. The van der Waals surface area contributed by atoms with E-state index in [9.17, 15) is 18.0 Å². The normalized spacial score (nSPS) is 12.9. The summed E-state index contributed by atoms with van der Waals surface area (Å²) >= 11 is 0. The molecule has 0 bridgehead atoms. The van der Waals surface area contributed by atoms with E-state index in [4.69, 9.17) is 0 Å². The fraction of sp³-hybridized carbons (Fsp3) is 0.333. The van der Waals surface area contributed by atoms with Crippen molar-refractivity contribution in [3.8, 4) is 0 Å². The molecule has 1 aromatic rings. The minimum absolute atomic E-state index is 0.145. The maximum absolute atomic E-state index is 11.6. The van der Waals surface area contributed by atoms with Crippen molar-refractivity contribution in [2.24, 2.45) is 0 Å². The van der Waals surface area contributed by atoms with Crippen LogP contribution in [0.3, 0.4) is 0 Å². The van der Waals surface area contributed by atoms with Gasteiger partial charge in [-0.1, -0.05) is 30.3 Å². The van der Waals surface area contributed by atoms with E-state index in [1.807, 2.05) is 30.3 Å². The fourth-order valence-corrected chi connectivity index (χ4v) is 2.55. The van der Waals surface area contributed by atoms with Gasteiger partial charge in [0.2, 0.25) is 22.6 Å². The average molecular weight is 267 g/mol. The molecular formula is C12H13NO4S. The van der Waals surface area contributed by atoms with Gasteiger partial charge in [-0.25, -0.2) is 13.1 Å². The lowest BCUT2D eigenvalue weighted by atomic mass is 10.2. The number of rotatable bonds is 8. The molecule has 5 nitrogen and oxygen atoms in total. The van der Waals surface area contributed by atoms with Gasteiger partial charge in [-0.05, 0) is 12.0 Å². The topological polar surface area (TPSA) is 80.3 Å². The van der Waals surface area contributed by atoms with E-state index in [1.54, 1.807) is 0 Å². The second-order valence-corrected chi connectivity index (χ2v) is 5.56. The molecule has 1 N–H and O–H groups in total. The van der Waals surface area contributed by atoms with Gasteiger partial charge < -0.3 is 0 Å². The largest absolute Gasteiger partial charge is 0.291 e. The molecule has 1 atom stereocenters. The van der Waals surface area contributed by atoms with Gasteiger partial charge in [-0.3, -0.25) is 9.59 Å². The number of hydrogen-bond donors (Lipinski definition) is 1. The quantitative estimate of drug-likeness (QED) is 0.726. The summed E-state index contributed by atoms with van der Waals surface area (Å²) < 4.78 is 25.4. The van der Waals surface area contributed by atoms with Gasteiger partial charge in [0.15, 0.2) is 0 Å². The zero-order chi connectivity index (χ0) is 13.4. The van der Waals surface area contributed by atoms with Gasteiger partial charge >= 0.3 is 0 Å². The van der Waals surface area contributed by atoms with Crippen LogP contribution < -0.4 is 4.72 Å². The number of hydrogen-bond acceptors (Lipinski definition) is 4. The third-order valence-electron chi connectivity index (χ3n) is 2.25. The highest BCUT2D eigenvalue weighted by molar-refractivity contribution is 7.89. The Hall–Kier alpha value is -1.53. The van der Waals surface area contributed by atoms with E-state index >= 15 is 0 Å². The zero-order valence-corrected chi connectivity index (χ0v) is 10.4. The summed E-state index contributed by atoms with van der Waals surface area (Å²) in [5, 5.41) is 0. The van der Waals surface area contributed by atoms with E-state index < -0.39 is 16.1 Å². The lowest BCUT2D eigenvalue weighted by Gasteiger charge is -2.09. The highest BCUT2D eigenvalue weighted by atomic mass is 32.2.